The number of allylic oxidation sites excluding steroid dienone is 1. The van der Waals surface area contributed by atoms with Crippen LogP contribution in [-0.2, 0) is 22.6 Å². The van der Waals surface area contributed by atoms with E-state index in [1.165, 1.54) is 0 Å². The number of anilines is 1. The minimum absolute atomic E-state index is 0.0774. The molecule has 226 valence electrons. The van der Waals surface area contributed by atoms with Gasteiger partial charge < -0.3 is 29.9 Å². The Morgan fingerprint density at radius 1 is 1.14 bits per heavy atom. The van der Waals surface area contributed by atoms with E-state index in [0.29, 0.717) is 17.7 Å². The van der Waals surface area contributed by atoms with Crippen molar-refractivity contribution >= 4 is 29.1 Å². The van der Waals surface area contributed by atoms with Crippen molar-refractivity contribution in [1.29, 1.82) is 0 Å². The van der Waals surface area contributed by atoms with E-state index >= 15 is 0 Å². The molecule has 0 fully saturated rings. The van der Waals surface area contributed by atoms with Gasteiger partial charge in [0.25, 0.3) is 0 Å². The molecule has 0 radical (unpaired) electrons. The number of likely N-dealkylation sites (N-methyl/N-ethyl adjacent to an activating group) is 1. The van der Waals surface area contributed by atoms with Gasteiger partial charge in [0, 0.05) is 43.4 Å². The number of carbonyl (C=O) groups excluding carboxylic acids is 4. The normalized spacial score (nSPS) is 27.4. The Morgan fingerprint density at radius 3 is 2.33 bits per heavy atom. The molecule has 4 aliphatic rings. The van der Waals surface area contributed by atoms with Crippen molar-refractivity contribution < 1.29 is 39.2 Å². The SMILES string of the molecule is CC(=O)C1=C(O)[C@@H](N(C)C)[C@@H]2C[C@@H]3Cc4c(N(C)C)cc5c(c4C(=O)C3=C(O)[C@]2(O)C1=O)OC(=O)N(CC(C)(C)C)C5. The van der Waals surface area contributed by atoms with Crippen molar-refractivity contribution in [2.75, 3.05) is 39.6 Å². The van der Waals surface area contributed by atoms with E-state index in [9.17, 15) is 34.5 Å². The third-order valence-corrected chi connectivity index (χ3v) is 8.82. The number of carbonyl (C=O) groups is 4. The fraction of sp³-hybridized carbons (Fsp3) is 0.548. The van der Waals surface area contributed by atoms with E-state index in [4.69, 9.17) is 4.74 Å². The number of benzene rings is 1. The van der Waals surface area contributed by atoms with Crippen LogP contribution in [0, 0.1) is 17.3 Å². The first-order valence-electron chi connectivity index (χ1n) is 14.1. The van der Waals surface area contributed by atoms with E-state index < -0.39 is 64.0 Å². The summed E-state index contributed by atoms with van der Waals surface area (Å²) in [5, 5.41) is 34.6. The summed E-state index contributed by atoms with van der Waals surface area (Å²) in [4.78, 5) is 58.5. The van der Waals surface area contributed by atoms with Gasteiger partial charge in [0.2, 0.25) is 5.78 Å². The van der Waals surface area contributed by atoms with Crippen molar-refractivity contribution in [2.45, 2.75) is 58.7 Å². The lowest BCUT2D eigenvalue weighted by molar-refractivity contribution is -0.148. The number of hydrogen-bond acceptors (Lipinski definition) is 10. The van der Waals surface area contributed by atoms with Crippen LogP contribution in [0.25, 0.3) is 0 Å². The number of rotatable bonds is 4. The van der Waals surface area contributed by atoms with E-state index in [1.54, 1.807) is 23.9 Å². The number of nitrogens with zero attached hydrogens (tertiary/aromatic N) is 3. The van der Waals surface area contributed by atoms with Crippen LogP contribution in [0.4, 0.5) is 10.5 Å². The molecule has 1 aromatic carbocycles. The van der Waals surface area contributed by atoms with E-state index in [1.807, 2.05) is 45.8 Å². The molecular weight excluding hydrogens is 542 g/mol. The number of ketones is 3. The summed E-state index contributed by atoms with van der Waals surface area (Å²) in [5.74, 6) is -5.32. The highest BCUT2D eigenvalue weighted by Gasteiger charge is 2.63. The van der Waals surface area contributed by atoms with Crippen LogP contribution in [0.1, 0.15) is 55.6 Å². The molecule has 11 heteroatoms. The van der Waals surface area contributed by atoms with Gasteiger partial charge in [-0.2, -0.15) is 0 Å². The number of ether oxygens (including phenoxy) is 1. The zero-order valence-corrected chi connectivity index (χ0v) is 25.4. The minimum Gasteiger partial charge on any atom is -0.510 e. The fourth-order valence-corrected chi connectivity index (χ4v) is 7.19. The van der Waals surface area contributed by atoms with Crippen molar-refractivity contribution in [2.24, 2.45) is 17.3 Å². The first kappa shape index (κ1) is 29.8. The molecule has 1 aromatic rings. The molecule has 0 saturated carbocycles. The summed E-state index contributed by atoms with van der Waals surface area (Å²) in [6, 6.07) is 0.955. The first-order chi connectivity index (χ1) is 19.4. The molecule has 5 rings (SSSR count). The molecule has 3 N–H and O–H groups in total. The summed E-state index contributed by atoms with van der Waals surface area (Å²) < 4.78 is 5.80. The topological polar surface area (TPSA) is 148 Å². The van der Waals surface area contributed by atoms with Crippen LogP contribution in [-0.4, -0.2) is 94.9 Å². The summed E-state index contributed by atoms with van der Waals surface area (Å²) in [7, 11) is 6.98. The summed E-state index contributed by atoms with van der Waals surface area (Å²) in [6.07, 6.45) is -0.251. The Labute approximate surface area is 245 Å². The summed E-state index contributed by atoms with van der Waals surface area (Å²) in [5.41, 5.74) is -1.37. The Hall–Kier alpha value is -3.70. The Balaban J connectivity index is 1.70. The smallest absolute Gasteiger partial charge is 0.415 e. The van der Waals surface area contributed by atoms with Crippen LogP contribution in [0.3, 0.4) is 0 Å². The third kappa shape index (κ3) is 4.24. The second-order valence-electron chi connectivity index (χ2n) is 13.6. The van der Waals surface area contributed by atoms with Crippen LogP contribution < -0.4 is 9.64 Å². The maximum Gasteiger partial charge on any atom is 0.415 e. The quantitative estimate of drug-likeness (QED) is 0.453. The minimum atomic E-state index is -2.60. The Morgan fingerprint density at radius 2 is 1.79 bits per heavy atom. The predicted octanol–water partition coefficient (Wildman–Crippen LogP) is 2.95. The van der Waals surface area contributed by atoms with Crippen LogP contribution >= 0.6 is 0 Å². The second-order valence-corrected chi connectivity index (χ2v) is 13.6. The molecule has 1 heterocycles. The number of fused-ring (bicyclic) bond motifs is 5. The number of aliphatic hydroxyl groups is 3. The van der Waals surface area contributed by atoms with Gasteiger partial charge in [-0.25, -0.2) is 4.79 Å². The fourth-order valence-electron chi connectivity index (χ4n) is 7.19. The van der Waals surface area contributed by atoms with Crippen LogP contribution in [0.2, 0.25) is 0 Å². The highest BCUT2D eigenvalue weighted by molar-refractivity contribution is 6.25. The molecule has 0 bridgehead atoms. The predicted molar refractivity (Wildman–Crippen MR) is 154 cm³/mol. The zero-order valence-electron chi connectivity index (χ0n) is 25.4. The van der Waals surface area contributed by atoms with Crippen LogP contribution in [0.5, 0.6) is 5.75 Å². The van der Waals surface area contributed by atoms with Crippen molar-refractivity contribution in [3.05, 3.63) is 45.4 Å². The van der Waals surface area contributed by atoms with Gasteiger partial charge in [0.15, 0.2) is 17.2 Å². The van der Waals surface area contributed by atoms with Gasteiger partial charge in [-0.3, -0.25) is 19.3 Å². The zero-order chi connectivity index (χ0) is 31.2. The maximum absolute atomic E-state index is 14.3. The lowest BCUT2D eigenvalue weighted by Crippen LogP contribution is -2.63. The third-order valence-electron chi connectivity index (χ3n) is 8.82. The second kappa shape index (κ2) is 9.67. The van der Waals surface area contributed by atoms with Gasteiger partial charge in [0.1, 0.15) is 22.8 Å². The van der Waals surface area contributed by atoms with Crippen molar-refractivity contribution in [3.8, 4) is 5.75 Å². The monoisotopic (exact) mass is 581 g/mol. The molecule has 1 aliphatic heterocycles. The standard InChI is InChI=1S/C31H39N3O8/c1-14(35)20-25(37)23(33(7)8)18-10-15-9-17-19(32(5)6)11-16-12-34(13-30(2,3)4)29(40)42-26(16)22(17)24(36)21(15)28(39)31(18,41)27(20)38/h11,15,18,23,37,39,41H,9-10,12-13H2,1-8H3/t15-,18-,23-,31+/m0/s1. The highest BCUT2D eigenvalue weighted by atomic mass is 16.6. The van der Waals surface area contributed by atoms with Gasteiger partial charge in [-0.05, 0) is 56.8 Å². The molecule has 1 amide bonds. The molecule has 0 spiro atoms. The molecular formula is C31H39N3O8. The highest BCUT2D eigenvalue weighted by Crippen LogP contribution is 2.54. The van der Waals surface area contributed by atoms with E-state index in [-0.39, 0.29) is 41.7 Å². The average molecular weight is 582 g/mol. The molecule has 3 aliphatic carbocycles. The Bertz CT molecular complexity index is 1500. The molecule has 11 nitrogen and oxygen atoms in total. The molecule has 0 saturated heterocycles. The van der Waals surface area contributed by atoms with Crippen molar-refractivity contribution in [1.82, 2.24) is 9.80 Å². The number of aliphatic hydroxyl groups excluding tert-OH is 2. The number of hydrogen-bond donors (Lipinski definition) is 3. The number of Topliss-reactive ketones (excluding diaryl/α,β-unsaturated/α-hetero) is 3. The maximum atomic E-state index is 14.3. The lowest BCUT2D eigenvalue weighted by Gasteiger charge is -2.50. The summed E-state index contributed by atoms with van der Waals surface area (Å²) in [6.45, 7) is 7.78. The largest absolute Gasteiger partial charge is 0.510 e. The van der Waals surface area contributed by atoms with Gasteiger partial charge in [-0.15, -0.1) is 0 Å². The van der Waals surface area contributed by atoms with Crippen molar-refractivity contribution in [3.63, 3.8) is 0 Å². The lowest BCUT2D eigenvalue weighted by atomic mass is 9.58. The van der Waals surface area contributed by atoms with E-state index in [2.05, 4.69) is 0 Å². The molecule has 0 aromatic heterocycles. The molecule has 4 atom stereocenters. The van der Waals surface area contributed by atoms with E-state index in [0.717, 1.165) is 12.6 Å². The van der Waals surface area contributed by atoms with Gasteiger partial charge in [-0.1, -0.05) is 20.8 Å². The number of amides is 1. The first-order valence-corrected chi connectivity index (χ1v) is 14.1. The summed E-state index contributed by atoms with van der Waals surface area (Å²) >= 11 is 0. The molecule has 0 unspecified atom stereocenters. The van der Waals surface area contributed by atoms with Crippen LogP contribution in [0.15, 0.2) is 28.7 Å². The average Bonchev–Trinajstić information content (AvgIpc) is 2.85. The molecule has 42 heavy (non-hydrogen) atoms. The van der Waals surface area contributed by atoms with Gasteiger partial charge >= 0.3 is 6.09 Å². The van der Waals surface area contributed by atoms with Gasteiger partial charge in [0.05, 0.1) is 18.2 Å². The Kier molecular flexibility index (Phi) is 6.86.